The second kappa shape index (κ2) is 6.62. The van der Waals surface area contributed by atoms with Crippen molar-refractivity contribution in [1.82, 2.24) is 19.6 Å². The van der Waals surface area contributed by atoms with Crippen LogP contribution >= 0.6 is 0 Å². The number of hydrogen-bond donors (Lipinski definition) is 2. The predicted molar refractivity (Wildman–Crippen MR) is 88.5 cm³/mol. The van der Waals surface area contributed by atoms with Crippen LogP contribution < -0.4 is 11.1 Å². The van der Waals surface area contributed by atoms with E-state index in [1.54, 1.807) is 6.20 Å². The standard InChI is InChI=1S/C16H23N5O/c1-11(7-9-20(3)4)16(22)19-12(2)15-18-10-14-13(17)6-5-8-21(14)15/h5-8,10,12H,9,17H2,1-4H3,(H,19,22). The fourth-order valence-electron chi connectivity index (χ4n) is 2.17. The number of nitrogens with one attached hydrogen (secondary N) is 1. The molecule has 2 rings (SSSR count). The van der Waals surface area contributed by atoms with Crippen LogP contribution in [0.3, 0.4) is 0 Å². The zero-order valence-corrected chi connectivity index (χ0v) is 13.5. The fraction of sp³-hybridized carbons (Fsp3) is 0.375. The highest BCUT2D eigenvalue weighted by molar-refractivity contribution is 5.93. The first-order valence-corrected chi connectivity index (χ1v) is 7.24. The molecule has 2 aromatic rings. The van der Waals surface area contributed by atoms with E-state index in [1.165, 1.54) is 0 Å². The summed E-state index contributed by atoms with van der Waals surface area (Å²) >= 11 is 0. The van der Waals surface area contributed by atoms with Crippen molar-refractivity contribution in [3.63, 3.8) is 0 Å². The van der Waals surface area contributed by atoms with Gasteiger partial charge in [-0.1, -0.05) is 6.08 Å². The summed E-state index contributed by atoms with van der Waals surface area (Å²) in [6.45, 7) is 4.46. The van der Waals surface area contributed by atoms with Gasteiger partial charge in [0.15, 0.2) is 0 Å². The Hall–Kier alpha value is -2.34. The molecule has 0 bridgehead atoms. The second-order valence-electron chi connectivity index (χ2n) is 5.68. The van der Waals surface area contributed by atoms with Crippen molar-refractivity contribution in [1.29, 1.82) is 0 Å². The Morgan fingerprint density at radius 1 is 1.55 bits per heavy atom. The molecule has 118 valence electrons. The number of rotatable bonds is 5. The van der Waals surface area contributed by atoms with E-state index in [1.807, 2.05) is 61.6 Å². The van der Waals surface area contributed by atoms with Gasteiger partial charge in [-0.05, 0) is 40.1 Å². The number of hydrogen-bond acceptors (Lipinski definition) is 4. The van der Waals surface area contributed by atoms with Gasteiger partial charge in [-0.2, -0.15) is 0 Å². The molecule has 0 aliphatic carbocycles. The maximum Gasteiger partial charge on any atom is 0.247 e. The Labute approximate surface area is 130 Å². The molecule has 1 unspecified atom stereocenters. The zero-order valence-electron chi connectivity index (χ0n) is 13.5. The summed E-state index contributed by atoms with van der Waals surface area (Å²) in [6.07, 6.45) is 5.52. The molecule has 6 nitrogen and oxygen atoms in total. The highest BCUT2D eigenvalue weighted by Crippen LogP contribution is 2.18. The molecule has 0 aromatic carbocycles. The van der Waals surface area contributed by atoms with E-state index in [0.717, 1.165) is 17.9 Å². The molecule has 22 heavy (non-hydrogen) atoms. The quantitative estimate of drug-likeness (QED) is 0.823. The fourth-order valence-corrected chi connectivity index (χ4v) is 2.17. The molecule has 2 heterocycles. The molecule has 1 atom stereocenters. The first-order chi connectivity index (χ1) is 10.4. The molecule has 3 N–H and O–H groups in total. The van der Waals surface area contributed by atoms with Crippen molar-refractivity contribution in [2.45, 2.75) is 19.9 Å². The summed E-state index contributed by atoms with van der Waals surface area (Å²) in [5.41, 5.74) is 8.13. The van der Waals surface area contributed by atoms with E-state index >= 15 is 0 Å². The Balaban J connectivity index is 2.14. The van der Waals surface area contributed by atoms with E-state index in [2.05, 4.69) is 10.3 Å². The second-order valence-corrected chi connectivity index (χ2v) is 5.68. The average Bonchev–Trinajstić information content (AvgIpc) is 2.90. The Kier molecular flexibility index (Phi) is 4.82. The van der Waals surface area contributed by atoms with Crippen LogP contribution in [-0.2, 0) is 4.79 Å². The van der Waals surface area contributed by atoms with Crippen LogP contribution in [0.25, 0.3) is 5.52 Å². The number of aromatic nitrogens is 2. The molecule has 0 aliphatic heterocycles. The zero-order chi connectivity index (χ0) is 16.3. The molecule has 0 spiro atoms. The van der Waals surface area contributed by atoms with Gasteiger partial charge >= 0.3 is 0 Å². The normalized spacial score (nSPS) is 13.6. The largest absolute Gasteiger partial charge is 0.397 e. The van der Waals surface area contributed by atoms with Crippen LogP contribution in [-0.4, -0.2) is 40.8 Å². The third-order valence-electron chi connectivity index (χ3n) is 3.49. The highest BCUT2D eigenvalue weighted by atomic mass is 16.1. The van der Waals surface area contributed by atoms with E-state index in [4.69, 9.17) is 5.73 Å². The van der Waals surface area contributed by atoms with Gasteiger partial charge in [-0.3, -0.25) is 4.79 Å². The third kappa shape index (κ3) is 3.46. The number of anilines is 1. The summed E-state index contributed by atoms with van der Waals surface area (Å²) < 4.78 is 1.90. The number of nitrogen functional groups attached to an aromatic ring is 1. The van der Waals surface area contributed by atoms with Crippen LogP contribution in [0.1, 0.15) is 25.7 Å². The molecule has 0 aliphatic rings. The number of likely N-dealkylation sites (N-methyl/N-ethyl adjacent to an activating group) is 1. The van der Waals surface area contributed by atoms with E-state index < -0.39 is 0 Å². The maximum absolute atomic E-state index is 12.2. The van der Waals surface area contributed by atoms with Crippen LogP contribution in [0.2, 0.25) is 0 Å². The van der Waals surface area contributed by atoms with Crippen molar-refractivity contribution < 1.29 is 4.79 Å². The minimum absolute atomic E-state index is 0.0880. The summed E-state index contributed by atoms with van der Waals surface area (Å²) in [4.78, 5) is 18.6. The van der Waals surface area contributed by atoms with E-state index in [9.17, 15) is 4.79 Å². The highest BCUT2D eigenvalue weighted by Gasteiger charge is 2.16. The van der Waals surface area contributed by atoms with Crippen molar-refractivity contribution in [2.75, 3.05) is 26.4 Å². The monoisotopic (exact) mass is 301 g/mol. The number of fused-ring (bicyclic) bond motifs is 1. The number of carbonyl (C=O) groups excluding carboxylic acids is 1. The number of nitrogens with zero attached hydrogens (tertiary/aromatic N) is 3. The molecule has 0 fully saturated rings. The number of nitrogens with two attached hydrogens (primary N) is 1. The van der Waals surface area contributed by atoms with Crippen molar-refractivity contribution in [3.05, 3.63) is 42.0 Å². The number of amides is 1. The smallest absolute Gasteiger partial charge is 0.247 e. The Bertz CT molecular complexity index is 702. The molecule has 0 saturated carbocycles. The first kappa shape index (κ1) is 16.0. The van der Waals surface area contributed by atoms with Gasteiger partial charge in [0, 0.05) is 18.3 Å². The average molecular weight is 301 g/mol. The van der Waals surface area contributed by atoms with Gasteiger partial charge < -0.3 is 20.4 Å². The van der Waals surface area contributed by atoms with Gasteiger partial charge in [0.1, 0.15) is 5.82 Å². The summed E-state index contributed by atoms with van der Waals surface area (Å²) in [6, 6.07) is 3.49. The lowest BCUT2D eigenvalue weighted by molar-refractivity contribution is -0.118. The van der Waals surface area contributed by atoms with Crippen molar-refractivity contribution in [2.24, 2.45) is 0 Å². The van der Waals surface area contributed by atoms with Gasteiger partial charge in [0.25, 0.3) is 0 Å². The van der Waals surface area contributed by atoms with Crippen molar-refractivity contribution >= 4 is 17.1 Å². The topological polar surface area (TPSA) is 75.7 Å². The SMILES string of the molecule is CC(=CCN(C)C)C(=O)NC(C)c1ncc2c(N)cccn12. The number of carbonyl (C=O) groups is 1. The van der Waals surface area contributed by atoms with Gasteiger partial charge in [-0.15, -0.1) is 0 Å². The van der Waals surface area contributed by atoms with Crippen molar-refractivity contribution in [3.8, 4) is 0 Å². The van der Waals surface area contributed by atoms with Gasteiger partial charge in [0.05, 0.1) is 23.4 Å². The predicted octanol–water partition coefficient (Wildman–Crippen LogP) is 1.60. The lowest BCUT2D eigenvalue weighted by atomic mass is 10.2. The minimum atomic E-state index is -0.209. The number of imidazole rings is 1. The molecule has 0 radical (unpaired) electrons. The third-order valence-corrected chi connectivity index (χ3v) is 3.49. The lowest BCUT2D eigenvalue weighted by Crippen LogP contribution is -2.29. The van der Waals surface area contributed by atoms with E-state index in [0.29, 0.717) is 11.3 Å². The maximum atomic E-state index is 12.2. The molecule has 0 saturated heterocycles. The van der Waals surface area contributed by atoms with Gasteiger partial charge in [0.2, 0.25) is 5.91 Å². The number of pyridine rings is 1. The molecule has 2 aromatic heterocycles. The Morgan fingerprint density at radius 3 is 2.95 bits per heavy atom. The van der Waals surface area contributed by atoms with Crippen LogP contribution in [0.4, 0.5) is 5.69 Å². The summed E-state index contributed by atoms with van der Waals surface area (Å²) in [5.74, 6) is 0.672. The summed E-state index contributed by atoms with van der Waals surface area (Å²) in [7, 11) is 3.93. The van der Waals surface area contributed by atoms with E-state index in [-0.39, 0.29) is 11.9 Å². The molecular formula is C16H23N5O. The summed E-state index contributed by atoms with van der Waals surface area (Å²) in [5, 5.41) is 2.97. The molecular weight excluding hydrogens is 278 g/mol. The Morgan fingerprint density at radius 2 is 2.27 bits per heavy atom. The van der Waals surface area contributed by atoms with Crippen LogP contribution in [0, 0.1) is 0 Å². The first-order valence-electron chi connectivity index (χ1n) is 7.24. The van der Waals surface area contributed by atoms with Crippen LogP contribution in [0.5, 0.6) is 0 Å². The minimum Gasteiger partial charge on any atom is -0.397 e. The molecule has 1 amide bonds. The van der Waals surface area contributed by atoms with Crippen LogP contribution in [0.15, 0.2) is 36.2 Å². The van der Waals surface area contributed by atoms with Gasteiger partial charge in [-0.25, -0.2) is 4.98 Å². The lowest BCUT2D eigenvalue weighted by Gasteiger charge is -2.14. The molecule has 6 heteroatoms.